The number of carbonyl (C=O) groups is 2. The number of esters is 1. The Hall–Kier alpha value is -1.79. The summed E-state index contributed by atoms with van der Waals surface area (Å²) >= 11 is 5.81. The minimum absolute atomic E-state index is 0.245. The number of hydrogen-bond acceptors (Lipinski definition) is 4. The first kappa shape index (κ1) is 18.3. The highest BCUT2D eigenvalue weighted by Gasteiger charge is 2.21. The molecule has 0 fully saturated rings. The molecule has 22 heavy (non-hydrogen) atoms. The first-order valence-corrected chi connectivity index (χ1v) is 7.24. The monoisotopic (exact) mass is 328 g/mol. The topological polar surface area (TPSA) is 67.9 Å². The van der Waals surface area contributed by atoms with Gasteiger partial charge in [0.1, 0.15) is 0 Å². The van der Waals surface area contributed by atoms with E-state index in [0.29, 0.717) is 23.9 Å². The Bertz CT molecular complexity index is 493. The number of urea groups is 1. The molecule has 1 atom stereocenters. The fourth-order valence-corrected chi connectivity index (χ4v) is 1.95. The molecule has 0 radical (unpaired) electrons. The number of carbonyl (C=O) groups excluding carboxylic acids is 2. The van der Waals surface area contributed by atoms with Crippen LogP contribution in [-0.4, -0.2) is 50.8 Å². The molecule has 1 aromatic carbocycles. The summed E-state index contributed by atoms with van der Waals surface area (Å²) in [6, 6.07) is 6.48. The second-order valence-corrected chi connectivity index (χ2v) is 5.24. The van der Waals surface area contributed by atoms with Gasteiger partial charge in [-0.2, -0.15) is 0 Å². The molecule has 1 unspecified atom stereocenters. The van der Waals surface area contributed by atoms with E-state index in [1.807, 2.05) is 0 Å². The fourth-order valence-electron chi connectivity index (χ4n) is 1.82. The summed E-state index contributed by atoms with van der Waals surface area (Å²) in [4.78, 5) is 25.4. The van der Waals surface area contributed by atoms with Crippen molar-refractivity contribution in [1.82, 2.24) is 4.90 Å². The minimum atomic E-state index is -0.419. The normalized spacial score (nSPS) is 11.6. The number of nitrogens with one attached hydrogen (secondary N) is 1. The number of methoxy groups -OCH3 is 2. The molecule has 7 heteroatoms. The van der Waals surface area contributed by atoms with Gasteiger partial charge < -0.3 is 19.7 Å². The van der Waals surface area contributed by atoms with Gasteiger partial charge in [-0.25, -0.2) is 4.79 Å². The Balaban J connectivity index is 2.70. The highest BCUT2D eigenvalue weighted by molar-refractivity contribution is 6.30. The second kappa shape index (κ2) is 9.27. The van der Waals surface area contributed by atoms with E-state index in [1.54, 1.807) is 38.3 Å². The van der Waals surface area contributed by atoms with Crippen molar-refractivity contribution in [1.29, 1.82) is 0 Å². The first-order chi connectivity index (χ1) is 10.5. The van der Waals surface area contributed by atoms with Crippen molar-refractivity contribution in [3.8, 4) is 0 Å². The molecule has 0 aliphatic heterocycles. The van der Waals surface area contributed by atoms with Crippen molar-refractivity contribution in [3.63, 3.8) is 0 Å². The maximum atomic E-state index is 12.3. The van der Waals surface area contributed by atoms with Crippen LogP contribution in [-0.2, 0) is 14.3 Å². The zero-order valence-electron chi connectivity index (χ0n) is 13.0. The van der Waals surface area contributed by atoms with Gasteiger partial charge in [0.15, 0.2) is 0 Å². The van der Waals surface area contributed by atoms with Crippen molar-refractivity contribution >= 4 is 29.3 Å². The quantitative estimate of drug-likeness (QED) is 0.781. The van der Waals surface area contributed by atoms with Crippen LogP contribution >= 0.6 is 11.6 Å². The predicted molar refractivity (Wildman–Crippen MR) is 85.1 cm³/mol. The van der Waals surface area contributed by atoms with E-state index in [4.69, 9.17) is 16.3 Å². The van der Waals surface area contributed by atoms with Crippen LogP contribution in [0.1, 0.15) is 6.92 Å². The Morgan fingerprint density at radius 1 is 1.27 bits per heavy atom. The summed E-state index contributed by atoms with van der Waals surface area (Å²) in [6.07, 6.45) is 0. The first-order valence-electron chi connectivity index (χ1n) is 6.86. The van der Waals surface area contributed by atoms with E-state index in [2.05, 4.69) is 10.1 Å². The van der Waals surface area contributed by atoms with Crippen LogP contribution in [0.2, 0.25) is 5.02 Å². The van der Waals surface area contributed by atoms with Gasteiger partial charge in [0.25, 0.3) is 0 Å². The molecule has 0 aliphatic rings. The van der Waals surface area contributed by atoms with Gasteiger partial charge in [0.2, 0.25) is 0 Å². The zero-order chi connectivity index (χ0) is 16.5. The van der Waals surface area contributed by atoms with Crippen LogP contribution in [0.5, 0.6) is 0 Å². The molecule has 0 aliphatic carbocycles. The Morgan fingerprint density at radius 3 is 2.45 bits per heavy atom. The summed E-state index contributed by atoms with van der Waals surface area (Å²) in [6.45, 7) is 2.70. The van der Waals surface area contributed by atoms with Crippen molar-refractivity contribution in [3.05, 3.63) is 29.3 Å². The lowest BCUT2D eigenvalue weighted by molar-refractivity contribution is -0.145. The summed E-state index contributed by atoms with van der Waals surface area (Å²) in [5.74, 6) is -0.778. The van der Waals surface area contributed by atoms with Crippen LogP contribution in [0.15, 0.2) is 24.3 Å². The average Bonchev–Trinajstić information content (AvgIpc) is 2.52. The molecule has 6 nitrogen and oxygen atoms in total. The molecule has 1 N–H and O–H groups in total. The third kappa shape index (κ3) is 5.91. The number of nitrogens with zero attached hydrogens (tertiary/aromatic N) is 1. The maximum absolute atomic E-state index is 12.3. The van der Waals surface area contributed by atoms with Crippen LogP contribution < -0.4 is 5.32 Å². The number of rotatable bonds is 7. The maximum Gasteiger partial charge on any atom is 0.321 e. The number of anilines is 1. The molecular weight excluding hydrogens is 308 g/mol. The highest BCUT2D eigenvalue weighted by atomic mass is 35.5. The second-order valence-electron chi connectivity index (χ2n) is 4.80. The summed E-state index contributed by atoms with van der Waals surface area (Å²) in [5, 5.41) is 3.35. The van der Waals surface area contributed by atoms with Crippen LogP contribution in [0.4, 0.5) is 10.5 Å². The number of hydrogen-bond donors (Lipinski definition) is 1. The lowest BCUT2D eigenvalue weighted by atomic mass is 10.1. The zero-order valence-corrected chi connectivity index (χ0v) is 13.7. The lowest BCUT2D eigenvalue weighted by Gasteiger charge is -2.25. The van der Waals surface area contributed by atoms with Gasteiger partial charge in [-0.05, 0) is 24.3 Å². The van der Waals surface area contributed by atoms with Gasteiger partial charge in [-0.1, -0.05) is 18.5 Å². The van der Waals surface area contributed by atoms with Crippen molar-refractivity contribution in [2.45, 2.75) is 6.92 Å². The van der Waals surface area contributed by atoms with Gasteiger partial charge in [-0.3, -0.25) is 4.79 Å². The summed E-state index contributed by atoms with van der Waals surface area (Å²) in [5.41, 5.74) is 0.627. The molecule has 1 aromatic rings. The predicted octanol–water partition coefficient (Wildman–Crippen LogP) is 2.63. The number of ether oxygens (including phenoxy) is 2. The standard InChI is InChI=1S/C15H21ClN2O4/c1-11(14(19)22-3)10-18(8-9-21-2)15(20)17-13-6-4-12(16)5-7-13/h4-7,11H,8-10H2,1-3H3,(H,17,20). The highest BCUT2D eigenvalue weighted by Crippen LogP contribution is 2.14. The van der Waals surface area contributed by atoms with E-state index in [-0.39, 0.29) is 18.5 Å². The minimum Gasteiger partial charge on any atom is -0.469 e. The van der Waals surface area contributed by atoms with Gasteiger partial charge in [0.05, 0.1) is 19.6 Å². The van der Waals surface area contributed by atoms with Crippen LogP contribution in [0.3, 0.4) is 0 Å². The molecule has 0 heterocycles. The molecule has 0 saturated carbocycles. The molecule has 2 amide bonds. The van der Waals surface area contributed by atoms with Crippen LogP contribution in [0.25, 0.3) is 0 Å². The molecule has 1 rings (SSSR count). The molecule has 0 aromatic heterocycles. The molecule has 0 saturated heterocycles. The Morgan fingerprint density at radius 2 is 1.91 bits per heavy atom. The smallest absolute Gasteiger partial charge is 0.321 e. The average molecular weight is 329 g/mol. The SMILES string of the molecule is COCCN(CC(C)C(=O)OC)C(=O)Nc1ccc(Cl)cc1. The molecule has 122 valence electrons. The van der Waals surface area contributed by atoms with E-state index in [1.165, 1.54) is 12.0 Å². The van der Waals surface area contributed by atoms with Crippen molar-refractivity contribution in [2.75, 3.05) is 39.2 Å². The Labute approximate surface area is 135 Å². The van der Waals surface area contributed by atoms with E-state index in [9.17, 15) is 9.59 Å². The molecule has 0 spiro atoms. The number of halogens is 1. The fraction of sp³-hybridized carbons (Fsp3) is 0.467. The van der Waals surface area contributed by atoms with Gasteiger partial charge >= 0.3 is 12.0 Å². The lowest BCUT2D eigenvalue weighted by Crippen LogP contribution is -2.41. The van der Waals surface area contributed by atoms with E-state index in [0.717, 1.165) is 0 Å². The molecular formula is C15H21ClN2O4. The van der Waals surface area contributed by atoms with Crippen molar-refractivity contribution in [2.24, 2.45) is 5.92 Å². The van der Waals surface area contributed by atoms with Gasteiger partial charge in [0, 0.05) is 30.9 Å². The van der Waals surface area contributed by atoms with Gasteiger partial charge in [-0.15, -0.1) is 0 Å². The van der Waals surface area contributed by atoms with E-state index >= 15 is 0 Å². The number of amides is 2. The third-order valence-electron chi connectivity index (χ3n) is 3.05. The number of benzene rings is 1. The summed E-state index contributed by atoms with van der Waals surface area (Å²) < 4.78 is 9.69. The largest absolute Gasteiger partial charge is 0.469 e. The van der Waals surface area contributed by atoms with Crippen LogP contribution in [0, 0.1) is 5.92 Å². The third-order valence-corrected chi connectivity index (χ3v) is 3.30. The molecule has 0 bridgehead atoms. The van der Waals surface area contributed by atoms with Crippen molar-refractivity contribution < 1.29 is 19.1 Å². The van der Waals surface area contributed by atoms with E-state index < -0.39 is 5.92 Å². The summed E-state index contributed by atoms with van der Waals surface area (Å²) in [7, 11) is 2.88. The Kier molecular flexibility index (Phi) is 7.70.